The predicted octanol–water partition coefficient (Wildman–Crippen LogP) is 0.214. The summed E-state index contributed by atoms with van der Waals surface area (Å²) in [6.45, 7) is 8.31. The lowest BCUT2D eigenvalue weighted by atomic mass is 9.92. The fourth-order valence-corrected chi connectivity index (χ4v) is 1.61. The van der Waals surface area contributed by atoms with Gasteiger partial charge >= 0.3 is 0 Å². The lowest BCUT2D eigenvalue weighted by molar-refractivity contribution is -0.124. The first-order chi connectivity index (χ1) is 8.18. The van der Waals surface area contributed by atoms with Crippen LogP contribution in [-0.4, -0.2) is 59.9 Å². The molecule has 18 heavy (non-hydrogen) atoms. The van der Waals surface area contributed by atoms with Crippen LogP contribution >= 0.6 is 0 Å². The topological polar surface area (TPSA) is 72.8 Å². The number of rotatable bonds is 8. The van der Waals surface area contributed by atoms with Gasteiger partial charge in [-0.25, -0.2) is 0 Å². The number of hydrogen-bond donors (Lipinski definition) is 3. The highest BCUT2D eigenvalue weighted by Gasteiger charge is 2.26. The molecule has 0 fully saturated rings. The first-order valence-electron chi connectivity index (χ1n) is 6.39. The fourth-order valence-electron chi connectivity index (χ4n) is 1.61. The summed E-state index contributed by atoms with van der Waals surface area (Å²) in [4.78, 5) is 13.6. The maximum absolute atomic E-state index is 11.8. The van der Waals surface area contributed by atoms with Crippen molar-refractivity contribution in [1.29, 1.82) is 0 Å². The van der Waals surface area contributed by atoms with Crippen molar-refractivity contribution in [2.45, 2.75) is 39.7 Å². The van der Waals surface area contributed by atoms with Crippen molar-refractivity contribution >= 4 is 5.91 Å². The maximum Gasteiger partial charge on any atom is 0.234 e. The number of amides is 1. The highest BCUT2D eigenvalue weighted by atomic mass is 16.3. The van der Waals surface area contributed by atoms with Gasteiger partial charge < -0.3 is 15.5 Å². The van der Waals surface area contributed by atoms with E-state index in [1.54, 1.807) is 6.92 Å². The molecule has 5 heteroatoms. The van der Waals surface area contributed by atoms with Gasteiger partial charge in [-0.2, -0.15) is 0 Å². The number of likely N-dealkylation sites (N-methyl/N-ethyl adjacent to an activating group) is 1. The van der Waals surface area contributed by atoms with E-state index in [0.29, 0.717) is 6.54 Å². The number of nitrogens with zero attached hydrogens (tertiary/aromatic N) is 1. The standard InChI is InChI=1S/C13H28N2O3/c1-6-12(2,3)14-11(18)7-15(5)8-13(4,9-16)10-17/h16-17H,6-10H2,1-5H3,(H,14,18). The molecule has 0 spiro atoms. The third-order valence-corrected chi connectivity index (χ3v) is 3.19. The van der Waals surface area contributed by atoms with Crippen LogP contribution in [0, 0.1) is 5.41 Å². The SMILES string of the molecule is CCC(C)(C)NC(=O)CN(C)CC(C)(CO)CO. The second-order valence-corrected chi connectivity index (χ2v) is 6.08. The molecular weight excluding hydrogens is 232 g/mol. The minimum absolute atomic E-state index is 0.0393. The summed E-state index contributed by atoms with van der Waals surface area (Å²) in [5.41, 5.74) is -0.773. The number of hydrogen-bond acceptors (Lipinski definition) is 4. The Kier molecular flexibility index (Phi) is 6.81. The quantitative estimate of drug-likeness (QED) is 0.583. The number of carbonyl (C=O) groups excluding carboxylic acids is 1. The summed E-state index contributed by atoms with van der Waals surface area (Å²) < 4.78 is 0. The molecule has 1 amide bonds. The molecule has 5 nitrogen and oxygen atoms in total. The van der Waals surface area contributed by atoms with Gasteiger partial charge in [-0.1, -0.05) is 13.8 Å². The molecule has 0 aromatic rings. The third-order valence-electron chi connectivity index (χ3n) is 3.19. The molecule has 0 aliphatic carbocycles. The van der Waals surface area contributed by atoms with Crippen molar-refractivity contribution in [2.75, 3.05) is 33.4 Å². The molecule has 0 aromatic carbocycles. The zero-order valence-corrected chi connectivity index (χ0v) is 12.3. The van der Waals surface area contributed by atoms with E-state index in [0.717, 1.165) is 6.42 Å². The largest absolute Gasteiger partial charge is 0.396 e. The summed E-state index contributed by atoms with van der Waals surface area (Å²) in [5.74, 6) is -0.0393. The monoisotopic (exact) mass is 260 g/mol. The molecule has 0 unspecified atom stereocenters. The summed E-state index contributed by atoms with van der Waals surface area (Å²) >= 11 is 0. The average molecular weight is 260 g/mol. The molecule has 108 valence electrons. The van der Waals surface area contributed by atoms with Crippen molar-refractivity contribution in [3.8, 4) is 0 Å². The molecule has 0 bridgehead atoms. The van der Waals surface area contributed by atoms with E-state index in [2.05, 4.69) is 5.32 Å². The van der Waals surface area contributed by atoms with Gasteiger partial charge in [-0.05, 0) is 27.3 Å². The van der Waals surface area contributed by atoms with E-state index in [1.165, 1.54) is 0 Å². The highest BCUT2D eigenvalue weighted by molar-refractivity contribution is 5.78. The van der Waals surface area contributed by atoms with Crippen LogP contribution in [0.2, 0.25) is 0 Å². The van der Waals surface area contributed by atoms with Gasteiger partial charge in [-0.3, -0.25) is 9.69 Å². The molecule has 0 heterocycles. The van der Waals surface area contributed by atoms with Gasteiger partial charge in [0.1, 0.15) is 0 Å². The molecule has 0 saturated heterocycles. The summed E-state index contributed by atoms with van der Waals surface area (Å²) in [6, 6.07) is 0. The minimum atomic E-state index is -0.574. The van der Waals surface area contributed by atoms with Crippen molar-refractivity contribution in [2.24, 2.45) is 5.41 Å². The highest BCUT2D eigenvalue weighted by Crippen LogP contribution is 2.15. The average Bonchev–Trinajstić information content (AvgIpc) is 2.27. The van der Waals surface area contributed by atoms with Crippen LogP contribution in [0.1, 0.15) is 34.1 Å². The predicted molar refractivity (Wildman–Crippen MR) is 72.3 cm³/mol. The molecule has 0 radical (unpaired) electrons. The smallest absolute Gasteiger partial charge is 0.234 e. The molecule has 0 aromatic heterocycles. The Morgan fingerprint density at radius 1 is 1.22 bits per heavy atom. The van der Waals surface area contributed by atoms with Crippen LogP contribution in [-0.2, 0) is 4.79 Å². The lowest BCUT2D eigenvalue weighted by Crippen LogP contribution is -2.48. The van der Waals surface area contributed by atoms with E-state index in [1.807, 2.05) is 32.7 Å². The van der Waals surface area contributed by atoms with Crippen molar-refractivity contribution < 1.29 is 15.0 Å². The van der Waals surface area contributed by atoms with Gasteiger partial charge in [0.25, 0.3) is 0 Å². The fraction of sp³-hybridized carbons (Fsp3) is 0.923. The molecule has 0 aliphatic rings. The second-order valence-electron chi connectivity index (χ2n) is 6.08. The van der Waals surface area contributed by atoms with E-state index in [-0.39, 0.29) is 31.2 Å². The van der Waals surface area contributed by atoms with Gasteiger partial charge in [0.2, 0.25) is 5.91 Å². The van der Waals surface area contributed by atoms with Crippen LogP contribution in [0.15, 0.2) is 0 Å². The number of aliphatic hydroxyl groups is 2. The zero-order chi connectivity index (χ0) is 14.4. The van der Waals surface area contributed by atoms with E-state index in [9.17, 15) is 15.0 Å². The van der Waals surface area contributed by atoms with Crippen molar-refractivity contribution in [1.82, 2.24) is 10.2 Å². The number of aliphatic hydroxyl groups excluding tert-OH is 2. The van der Waals surface area contributed by atoms with Crippen LogP contribution in [0.4, 0.5) is 0 Å². The second kappa shape index (κ2) is 7.07. The molecule has 0 atom stereocenters. The lowest BCUT2D eigenvalue weighted by Gasteiger charge is -2.31. The van der Waals surface area contributed by atoms with Crippen molar-refractivity contribution in [3.63, 3.8) is 0 Å². The molecule has 0 rings (SSSR count). The summed E-state index contributed by atoms with van der Waals surface area (Å²) in [6.07, 6.45) is 0.869. The molecular formula is C13H28N2O3. The van der Waals surface area contributed by atoms with Crippen molar-refractivity contribution in [3.05, 3.63) is 0 Å². The zero-order valence-electron chi connectivity index (χ0n) is 12.3. The maximum atomic E-state index is 11.8. The first kappa shape index (κ1) is 17.4. The van der Waals surface area contributed by atoms with E-state index in [4.69, 9.17) is 0 Å². The van der Waals surface area contributed by atoms with Crippen LogP contribution in [0.5, 0.6) is 0 Å². The Labute approximate surface area is 110 Å². The summed E-state index contributed by atoms with van der Waals surface area (Å²) in [7, 11) is 1.81. The van der Waals surface area contributed by atoms with E-state index < -0.39 is 5.41 Å². The molecule has 0 aliphatic heterocycles. The third kappa shape index (κ3) is 6.33. The van der Waals surface area contributed by atoms with Crippen LogP contribution in [0.25, 0.3) is 0 Å². The van der Waals surface area contributed by atoms with Gasteiger partial charge in [-0.15, -0.1) is 0 Å². The van der Waals surface area contributed by atoms with Gasteiger partial charge in [0.15, 0.2) is 0 Å². The van der Waals surface area contributed by atoms with Crippen LogP contribution in [0.3, 0.4) is 0 Å². The Morgan fingerprint density at radius 2 is 1.72 bits per heavy atom. The van der Waals surface area contributed by atoms with E-state index >= 15 is 0 Å². The normalized spacial score (nSPS) is 12.9. The number of nitrogens with one attached hydrogen (secondary N) is 1. The number of carbonyl (C=O) groups is 1. The Balaban J connectivity index is 4.24. The molecule has 0 saturated carbocycles. The summed E-state index contributed by atoms with van der Waals surface area (Å²) in [5, 5.41) is 21.4. The molecule has 3 N–H and O–H groups in total. The van der Waals surface area contributed by atoms with Crippen LogP contribution < -0.4 is 5.32 Å². The van der Waals surface area contributed by atoms with Gasteiger partial charge in [0.05, 0.1) is 19.8 Å². The minimum Gasteiger partial charge on any atom is -0.396 e. The Morgan fingerprint density at radius 3 is 2.11 bits per heavy atom. The Bertz CT molecular complexity index is 263. The van der Waals surface area contributed by atoms with Gasteiger partial charge in [0, 0.05) is 17.5 Å². The first-order valence-corrected chi connectivity index (χ1v) is 6.39. The Hall–Kier alpha value is -0.650.